The molecule has 0 saturated carbocycles. The van der Waals surface area contributed by atoms with Gasteiger partial charge in [-0.2, -0.15) is 0 Å². The SMILES string of the molecule is CC(C)(C)c1ccc(NC(=O)CN2C(=O)NC3(CCc4ccccc43)C2=O)cc1. The van der Waals surface area contributed by atoms with Crippen molar-refractivity contribution in [2.45, 2.75) is 44.6 Å². The second-order valence-corrected chi connectivity index (χ2v) is 8.76. The Kier molecular flexibility index (Phi) is 4.45. The van der Waals surface area contributed by atoms with E-state index in [9.17, 15) is 14.4 Å². The van der Waals surface area contributed by atoms with Crippen molar-refractivity contribution < 1.29 is 14.4 Å². The number of aryl methyl sites for hydroxylation is 1. The number of imide groups is 1. The number of carbonyl (C=O) groups is 3. The molecule has 2 aromatic carbocycles. The molecule has 0 radical (unpaired) electrons. The van der Waals surface area contributed by atoms with E-state index >= 15 is 0 Å². The molecule has 1 spiro atoms. The largest absolute Gasteiger partial charge is 0.325 e. The normalized spacial score (nSPS) is 20.7. The van der Waals surface area contributed by atoms with Gasteiger partial charge in [0.25, 0.3) is 5.91 Å². The van der Waals surface area contributed by atoms with Crippen LogP contribution in [0.2, 0.25) is 0 Å². The summed E-state index contributed by atoms with van der Waals surface area (Å²) in [7, 11) is 0. The highest BCUT2D eigenvalue weighted by molar-refractivity contribution is 6.10. The van der Waals surface area contributed by atoms with Crippen molar-refractivity contribution in [1.82, 2.24) is 10.2 Å². The van der Waals surface area contributed by atoms with Gasteiger partial charge in [0.1, 0.15) is 12.1 Å². The van der Waals surface area contributed by atoms with Gasteiger partial charge in [-0.3, -0.25) is 14.5 Å². The number of nitrogens with one attached hydrogen (secondary N) is 2. The summed E-state index contributed by atoms with van der Waals surface area (Å²) in [6.07, 6.45) is 1.24. The summed E-state index contributed by atoms with van der Waals surface area (Å²) in [5.74, 6) is -0.758. The minimum Gasteiger partial charge on any atom is -0.325 e. The molecule has 1 fully saturated rings. The van der Waals surface area contributed by atoms with Crippen LogP contribution in [-0.2, 0) is 27.0 Å². The Morgan fingerprint density at radius 2 is 1.79 bits per heavy atom. The summed E-state index contributed by atoms with van der Waals surface area (Å²) in [4.78, 5) is 39.1. The van der Waals surface area contributed by atoms with Crippen LogP contribution in [0.3, 0.4) is 0 Å². The van der Waals surface area contributed by atoms with Gasteiger partial charge in [-0.05, 0) is 47.1 Å². The maximum absolute atomic E-state index is 13.1. The molecule has 2 N–H and O–H groups in total. The Morgan fingerprint density at radius 1 is 1.10 bits per heavy atom. The lowest BCUT2D eigenvalue weighted by Gasteiger charge is -2.22. The van der Waals surface area contributed by atoms with Crippen molar-refractivity contribution in [1.29, 1.82) is 0 Å². The Morgan fingerprint density at radius 3 is 2.48 bits per heavy atom. The summed E-state index contributed by atoms with van der Waals surface area (Å²) in [6.45, 7) is 6.05. The van der Waals surface area contributed by atoms with E-state index in [-0.39, 0.29) is 17.9 Å². The van der Waals surface area contributed by atoms with Gasteiger partial charge in [-0.1, -0.05) is 57.2 Å². The molecule has 4 amide bonds. The van der Waals surface area contributed by atoms with Gasteiger partial charge in [-0.15, -0.1) is 0 Å². The Hall–Kier alpha value is -3.15. The van der Waals surface area contributed by atoms with Crippen molar-refractivity contribution in [3.8, 4) is 0 Å². The van der Waals surface area contributed by atoms with Gasteiger partial charge >= 0.3 is 6.03 Å². The molecule has 1 aliphatic carbocycles. The van der Waals surface area contributed by atoms with Gasteiger partial charge in [0.2, 0.25) is 5.91 Å². The first-order chi connectivity index (χ1) is 13.7. The fourth-order valence-electron chi connectivity index (χ4n) is 4.13. The van der Waals surface area contributed by atoms with E-state index in [1.165, 1.54) is 0 Å². The molecule has 1 unspecified atom stereocenters. The third kappa shape index (κ3) is 3.28. The predicted octanol–water partition coefficient (Wildman–Crippen LogP) is 3.32. The molecular formula is C23H25N3O3. The smallest absolute Gasteiger partial charge is 0.325 e. The van der Waals surface area contributed by atoms with Gasteiger partial charge in [0, 0.05) is 5.69 Å². The van der Waals surface area contributed by atoms with E-state index in [0.717, 1.165) is 28.0 Å². The number of nitrogens with zero attached hydrogens (tertiary/aromatic N) is 1. The Bertz CT molecular complexity index is 991. The standard InChI is InChI=1S/C23H25N3O3/c1-22(2,3)16-8-10-17(11-9-16)24-19(27)14-26-20(28)23(25-21(26)29)13-12-15-6-4-5-7-18(15)23/h4-11H,12-14H2,1-3H3,(H,24,27)(H,25,29). The fraction of sp³-hybridized carbons (Fsp3) is 0.348. The number of amides is 4. The van der Waals surface area contributed by atoms with Crippen molar-refractivity contribution in [3.63, 3.8) is 0 Å². The average molecular weight is 391 g/mol. The summed E-state index contributed by atoms with van der Waals surface area (Å²) < 4.78 is 0. The molecule has 1 atom stereocenters. The minimum atomic E-state index is -1.04. The first kappa shape index (κ1) is 19.2. The first-order valence-electron chi connectivity index (χ1n) is 9.84. The molecule has 150 valence electrons. The number of urea groups is 1. The van der Waals surface area contributed by atoms with Crippen LogP contribution in [0.1, 0.15) is 43.9 Å². The van der Waals surface area contributed by atoms with Crippen molar-refractivity contribution >= 4 is 23.5 Å². The molecule has 29 heavy (non-hydrogen) atoms. The number of hydrogen-bond acceptors (Lipinski definition) is 3. The van der Waals surface area contributed by atoms with Gasteiger partial charge in [-0.25, -0.2) is 4.79 Å². The van der Waals surface area contributed by atoms with Crippen LogP contribution < -0.4 is 10.6 Å². The average Bonchev–Trinajstić information content (AvgIpc) is 3.15. The van der Waals surface area contributed by atoms with E-state index in [1.54, 1.807) is 0 Å². The molecule has 1 heterocycles. The minimum absolute atomic E-state index is 0.0223. The highest BCUT2D eigenvalue weighted by Crippen LogP contribution is 2.41. The number of hydrogen-bond donors (Lipinski definition) is 2. The first-order valence-corrected chi connectivity index (χ1v) is 9.84. The topological polar surface area (TPSA) is 78.5 Å². The number of fused-ring (bicyclic) bond motifs is 2. The summed E-state index contributed by atoms with van der Waals surface area (Å²) in [5.41, 5.74) is 2.67. The zero-order valence-electron chi connectivity index (χ0n) is 16.9. The highest BCUT2D eigenvalue weighted by Gasteiger charge is 2.55. The molecule has 6 heteroatoms. The molecule has 2 aliphatic rings. The Labute approximate surface area is 170 Å². The van der Waals surface area contributed by atoms with Crippen molar-refractivity contribution in [3.05, 3.63) is 65.2 Å². The number of carbonyl (C=O) groups excluding carboxylic acids is 3. The summed E-state index contributed by atoms with van der Waals surface area (Å²) in [6, 6.07) is 14.7. The van der Waals surface area contributed by atoms with E-state index in [0.29, 0.717) is 12.1 Å². The van der Waals surface area contributed by atoms with Crippen LogP contribution in [0, 0.1) is 0 Å². The van der Waals surface area contributed by atoms with Crippen LogP contribution in [0.4, 0.5) is 10.5 Å². The fourth-order valence-corrected chi connectivity index (χ4v) is 4.13. The van der Waals surface area contributed by atoms with Gasteiger partial charge < -0.3 is 10.6 Å². The quantitative estimate of drug-likeness (QED) is 0.788. The van der Waals surface area contributed by atoms with E-state index < -0.39 is 17.5 Å². The lowest BCUT2D eigenvalue weighted by molar-refractivity contribution is -0.134. The van der Waals surface area contributed by atoms with E-state index in [1.807, 2.05) is 48.5 Å². The third-order valence-corrected chi connectivity index (χ3v) is 5.76. The summed E-state index contributed by atoms with van der Waals surface area (Å²) in [5, 5.41) is 5.61. The third-order valence-electron chi connectivity index (χ3n) is 5.76. The lowest BCUT2D eigenvalue weighted by atomic mass is 9.87. The molecular weight excluding hydrogens is 366 g/mol. The number of rotatable bonds is 3. The molecule has 0 aromatic heterocycles. The van der Waals surface area contributed by atoms with Crippen molar-refractivity contribution in [2.24, 2.45) is 0 Å². The molecule has 2 aromatic rings. The monoisotopic (exact) mass is 391 g/mol. The van der Waals surface area contributed by atoms with Crippen LogP contribution in [0.15, 0.2) is 48.5 Å². The second-order valence-electron chi connectivity index (χ2n) is 8.76. The lowest BCUT2D eigenvalue weighted by Crippen LogP contribution is -2.43. The summed E-state index contributed by atoms with van der Waals surface area (Å²) >= 11 is 0. The van der Waals surface area contributed by atoms with Crippen LogP contribution >= 0.6 is 0 Å². The number of anilines is 1. The van der Waals surface area contributed by atoms with Crippen LogP contribution in [0.5, 0.6) is 0 Å². The molecule has 0 bridgehead atoms. The molecule has 1 saturated heterocycles. The molecule has 6 nitrogen and oxygen atoms in total. The maximum atomic E-state index is 13.1. The maximum Gasteiger partial charge on any atom is 0.325 e. The predicted molar refractivity (Wildman–Crippen MR) is 110 cm³/mol. The zero-order valence-corrected chi connectivity index (χ0v) is 16.9. The highest BCUT2D eigenvalue weighted by atomic mass is 16.2. The van der Waals surface area contributed by atoms with Crippen LogP contribution in [-0.4, -0.2) is 29.3 Å². The van der Waals surface area contributed by atoms with E-state index in [2.05, 4.69) is 31.4 Å². The zero-order chi connectivity index (χ0) is 20.8. The molecule has 1 aliphatic heterocycles. The van der Waals surface area contributed by atoms with E-state index in [4.69, 9.17) is 0 Å². The van der Waals surface area contributed by atoms with Crippen molar-refractivity contribution in [2.75, 3.05) is 11.9 Å². The number of benzene rings is 2. The van der Waals surface area contributed by atoms with Crippen LogP contribution in [0.25, 0.3) is 0 Å². The second kappa shape index (κ2) is 6.72. The Balaban J connectivity index is 1.47. The van der Waals surface area contributed by atoms with Gasteiger partial charge in [0.15, 0.2) is 0 Å². The molecule has 4 rings (SSSR count). The van der Waals surface area contributed by atoms with Gasteiger partial charge in [0.05, 0.1) is 0 Å².